The Balaban J connectivity index is 2.69. The summed E-state index contributed by atoms with van der Waals surface area (Å²) in [5.41, 5.74) is 0.330. The second kappa shape index (κ2) is 7.12. The number of carbonyl (C=O) groups is 1. The van der Waals surface area contributed by atoms with Gasteiger partial charge in [0.15, 0.2) is 0 Å². The van der Waals surface area contributed by atoms with Gasteiger partial charge in [-0.25, -0.2) is 8.42 Å². The second-order valence-corrected chi connectivity index (χ2v) is 6.62. The van der Waals surface area contributed by atoms with E-state index in [-0.39, 0.29) is 18.8 Å². The summed E-state index contributed by atoms with van der Waals surface area (Å²) in [6.07, 6.45) is -0.193. The van der Waals surface area contributed by atoms with Crippen LogP contribution in [0.1, 0.15) is 13.3 Å². The Morgan fingerprint density at radius 2 is 2.16 bits per heavy atom. The minimum Gasteiger partial charge on any atom is -0.466 e. The maximum Gasteiger partial charge on any atom is 0.306 e. The van der Waals surface area contributed by atoms with Crippen molar-refractivity contribution in [3.63, 3.8) is 0 Å². The first-order chi connectivity index (χ1) is 8.85. The zero-order valence-corrected chi connectivity index (χ0v) is 13.3. The lowest BCUT2D eigenvalue weighted by Gasteiger charge is -2.10. The molecule has 0 aromatic heterocycles. The summed E-state index contributed by atoms with van der Waals surface area (Å²) in [6.45, 7) is 1.89. The highest BCUT2D eigenvalue weighted by atomic mass is 79.9. The van der Waals surface area contributed by atoms with Crippen molar-refractivity contribution in [1.29, 1.82) is 0 Å². The van der Waals surface area contributed by atoms with Gasteiger partial charge in [0.1, 0.15) is 0 Å². The van der Waals surface area contributed by atoms with Gasteiger partial charge in [-0.05, 0) is 35.0 Å². The van der Waals surface area contributed by atoms with Crippen molar-refractivity contribution >= 4 is 49.2 Å². The summed E-state index contributed by atoms with van der Waals surface area (Å²) in [5, 5.41) is 0.394. The molecule has 1 N–H and O–H groups in total. The average molecular weight is 371 g/mol. The molecule has 1 aromatic carbocycles. The number of ether oxygens (including phenoxy) is 1. The van der Waals surface area contributed by atoms with Gasteiger partial charge in [-0.15, -0.1) is 0 Å². The number of anilines is 1. The monoisotopic (exact) mass is 369 g/mol. The molecule has 0 aliphatic heterocycles. The molecule has 0 atom stereocenters. The van der Waals surface area contributed by atoms with Crippen LogP contribution in [0.2, 0.25) is 5.02 Å². The van der Waals surface area contributed by atoms with E-state index in [0.29, 0.717) is 15.2 Å². The summed E-state index contributed by atoms with van der Waals surface area (Å²) in [6, 6.07) is 4.82. The Hall–Kier alpha value is -0.790. The first kappa shape index (κ1) is 16.3. The second-order valence-electron chi connectivity index (χ2n) is 3.58. The number of hydrogen-bond donors (Lipinski definition) is 1. The summed E-state index contributed by atoms with van der Waals surface area (Å²) in [4.78, 5) is 11.1. The SMILES string of the molecule is CCOC(=O)CCS(=O)(=O)Nc1cccc(Cl)c1Br. The molecule has 0 saturated carbocycles. The van der Waals surface area contributed by atoms with E-state index in [1.807, 2.05) is 0 Å². The van der Waals surface area contributed by atoms with Crippen molar-refractivity contribution in [2.24, 2.45) is 0 Å². The minimum absolute atomic E-state index is 0.193. The Morgan fingerprint density at radius 3 is 2.79 bits per heavy atom. The van der Waals surface area contributed by atoms with Crippen molar-refractivity contribution in [1.82, 2.24) is 0 Å². The summed E-state index contributed by atoms with van der Waals surface area (Å²) < 4.78 is 31.1. The third kappa shape index (κ3) is 5.38. The van der Waals surface area contributed by atoms with E-state index in [9.17, 15) is 13.2 Å². The van der Waals surface area contributed by atoms with Crippen LogP contribution in [-0.2, 0) is 19.6 Å². The van der Waals surface area contributed by atoms with E-state index in [0.717, 1.165) is 0 Å². The number of hydrogen-bond acceptors (Lipinski definition) is 4. The van der Waals surface area contributed by atoms with Gasteiger partial charge in [-0.1, -0.05) is 17.7 Å². The van der Waals surface area contributed by atoms with Gasteiger partial charge in [0.05, 0.1) is 34.0 Å². The van der Waals surface area contributed by atoms with Gasteiger partial charge in [0, 0.05) is 0 Å². The van der Waals surface area contributed by atoms with Crippen LogP contribution in [0.5, 0.6) is 0 Å². The maximum atomic E-state index is 11.8. The third-order valence-electron chi connectivity index (χ3n) is 2.10. The molecule has 0 saturated heterocycles. The Labute approximate surface area is 125 Å². The van der Waals surface area contributed by atoms with Crippen LogP contribution in [0.25, 0.3) is 0 Å². The predicted octanol–water partition coefficient (Wildman–Crippen LogP) is 2.80. The number of sulfonamides is 1. The predicted molar refractivity (Wildman–Crippen MR) is 77.8 cm³/mol. The number of benzene rings is 1. The largest absolute Gasteiger partial charge is 0.466 e. The van der Waals surface area contributed by atoms with Crippen LogP contribution in [0.3, 0.4) is 0 Å². The number of halogens is 2. The highest BCUT2D eigenvalue weighted by Gasteiger charge is 2.16. The van der Waals surface area contributed by atoms with E-state index < -0.39 is 16.0 Å². The molecule has 0 aliphatic rings. The molecular formula is C11H13BrClNO4S. The molecule has 8 heteroatoms. The van der Waals surface area contributed by atoms with Gasteiger partial charge in [-0.3, -0.25) is 9.52 Å². The van der Waals surface area contributed by atoms with Gasteiger partial charge < -0.3 is 4.74 Å². The number of nitrogens with one attached hydrogen (secondary N) is 1. The summed E-state index contributed by atoms with van der Waals surface area (Å²) in [7, 11) is -3.63. The number of rotatable bonds is 6. The molecule has 106 valence electrons. The van der Waals surface area contributed by atoms with Crippen LogP contribution in [0.15, 0.2) is 22.7 Å². The summed E-state index contributed by atoms with van der Waals surface area (Å²) >= 11 is 9.04. The molecule has 0 aliphatic carbocycles. The van der Waals surface area contributed by atoms with Crippen LogP contribution in [0.4, 0.5) is 5.69 Å². The molecule has 0 fully saturated rings. The minimum atomic E-state index is -3.63. The van der Waals surface area contributed by atoms with Crippen LogP contribution in [-0.4, -0.2) is 26.7 Å². The normalized spacial score (nSPS) is 11.1. The average Bonchev–Trinajstić information content (AvgIpc) is 2.33. The number of esters is 1. The zero-order valence-electron chi connectivity index (χ0n) is 10.2. The highest BCUT2D eigenvalue weighted by molar-refractivity contribution is 9.10. The molecule has 0 radical (unpaired) electrons. The van der Waals surface area contributed by atoms with Crippen LogP contribution in [0, 0.1) is 0 Å². The Kier molecular flexibility index (Phi) is 6.09. The molecule has 0 unspecified atom stereocenters. The third-order valence-corrected chi connectivity index (χ3v) is 4.77. The molecule has 1 aromatic rings. The van der Waals surface area contributed by atoms with E-state index >= 15 is 0 Å². The van der Waals surface area contributed by atoms with Crippen molar-refractivity contribution in [3.05, 3.63) is 27.7 Å². The lowest BCUT2D eigenvalue weighted by atomic mass is 10.3. The standard InChI is InChI=1S/C11H13BrClNO4S/c1-2-18-10(15)6-7-19(16,17)14-9-5-3-4-8(13)11(9)12/h3-5,14H,2,6-7H2,1H3. The smallest absolute Gasteiger partial charge is 0.306 e. The molecule has 5 nitrogen and oxygen atoms in total. The lowest BCUT2D eigenvalue weighted by Crippen LogP contribution is -2.20. The molecule has 0 spiro atoms. The zero-order chi connectivity index (χ0) is 14.5. The number of carbonyl (C=O) groups excluding carboxylic acids is 1. The topological polar surface area (TPSA) is 72.5 Å². The van der Waals surface area contributed by atoms with Gasteiger partial charge in [0.25, 0.3) is 0 Å². The fourth-order valence-electron chi connectivity index (χ4n) is 1.25. The first-order valence-electron chi connectivity index (χ1n) is 5.46. The molecular weight excluding hydrogens is 358 g/mol. The Bertz CT molecular complexity index is 562. The van der Waals surface area contributed by atoms with Crippen molar-refractivity contribution in [3.8, 4) is 0 Å². The fraction of sp³-hybridized carbons (Fsp3) is 0.364. The molecule has 19 heavy (non-hydrogen) atoms. The van der Waals surface area contributed by atoms with Crippen LogP contribution < -0.4 is 4.72 Å². The van der Waals surface area contributed by atoms with E-state index in [4.69, 9.17) is 11.6 Å². The molecule has 0 amide bonds. The van der Waals surface area contributed by atoms with E-state index in [1.165, 1.54) is 0 Å². The lowest BCUT2D eigenvalue weighted by molar-refractivity contribution is -0.142. The maximum absolute atomic E-state index is 11.8. The first-order valence-corrected chi connectivity index (χ1v) is 8.28. The molecule has 0 bridgehead atoms. The Morgan fingerprint density at radius 1 is 1.47 bits per heavy atom. The summed E-state index contributed by atoms with van der Waals surface area (Å²) in [5.74, 6) is -0.886. The van der Waals surface area contributed by atoms with E-state index in [2.05, 4.69) is 25.4 Å². The molecule has 0 heterocycles. The van der Waals surface area contributed by atoms with Crippen molar-refractivity contribution < 1.29 is 17.9 Å². The van der Waals surface area contributed by atoms with Crippen LogP contribution >= 0.6 is 27.5 Å². The highest BCUT2D eigenvalue weighted by Crippen LogP contribution is 2.30. The van der Waals surface area contributed by atoms with Crippen molar-refractivity contribution in [2.45, 2.75) is 13.3 Å². The molecule has 1 rings (SSSR count). The quantitative estimate of drug-likeness (QED) is 0.782. The van der Waals surface area contributed by atoms with Gasteiger partial charge >= 0.3 is 5.97 Å². The van der Waals surface area contributed by atoms with Crippen molar-refractivity contribution in [2.75, 3.05) is 17.1 Å². The van der Waals surface area contributed by atoms with Gasteiger partial charge in [0.2, 0.25) is 10.0 Å². The fourth-order valence-corrected chi connectivity index (χ4v) is 2.96. The van der Waals surface area contributed by atoms with E-state index in [1.54, 1.807) is 25.1 Å². The van der Waals surface area contributed by atoms with Gasteiger partial charge in [-0.2, -0.15) is 0 Å².